The van der Waals surface area contributed by atoms with Crippen molar-refractivity contribution in [2.24, 2.45) is 5.73 Å². The molecule has 0 saturated heterocycles. The highest BCUT2D eigenvalue weighted by atomic mass is 35.5. The number of hydrogen-bond acceptors (Lipinski definition) is 3. The number of nitrogens with one attached hydrogen (secondary N) is 1. The highest BCUT2D eigenvalue weighted by Crippen LogP contribution is 2.12. The van der Waals surface area contributed by atoms with Gasteiger partial charge in [-0.25, -0.2) is 0 Å². The lowest BCUT2D eigenvalue weighted by atomic mass is 10.0. The number of aliphatic hydroxyl groups excluding tert-OH is 1. The fourth-order valence-electron chi connectivity index (χ4n) is 2.95. The second kappa shape index (κ2) is 11.3. The molecule has 0 saturated carbocycles. The molecular weight excluding hydrogens is 332 g/mol. The predicted molar refractivity (Wildman–Crippen MR) is 108 cm³/mol. The van der Waals surface area contributed by atoms with Crippen molar-refractivity contribution in [1.29, 1.82) is 0 Å². The van der Waals surface area contributed by atoms with Crippen LogP contribution in [0, 0.1) is 13.8 Å². The summed E-state index contributed by atoms with van der Waals surface area (Å²) in [6.07, 6.45) is 2.30. The van der Waals surface area contributed by atoms with Gasteiger partial charge in [-0.15, -0.1) is 12.4 Å². The maximum absolute atomic E-state index is 10.2. The molecule has 138 valence electrons. The molecule has 25 heavy (non-hydrogen) atoms. The van der Waals surface area contributed by atoms with Crippen LogP contribution in [0.3, 0.4) is 0 Å². The molecule has 0 radical (unpaired) electrons. The third-order valence-corrected chi connectivity index (χ3v) is 4.46. The van der Waals surface area contributed by atoms with Crippen LogP contribution in [0.1, 0.15) is 28.7 Å². The number of benzene rings is 2. The number of rotatable bonds is 9. The molecule has 4 heteroatoms. The molecule has 2 rings (SSSR count). The van der Waals surface area contributed by atoms with E-state index in [4.69, 9.17) is 5.73 Å². The molecule has 2 atom stereocenters. The molecule has 0 fully saturated rings. The molecule has 0 aliphatic rings. The summed E-state index contributed by atoms with van der Waals surface area (Å²) in [4.78, 5) is 0. The van der Waals surface area contributed by atoms with Crippen molar-refractivity contribution in [3.8, 4) is 0 Å². The van der Waals surface area contributed by atoms with Crippen LogP contribution in [-0.2, 0) is 12.8 Å². The smallest absolute Gasteiger partial charge is 0.0818 e. The number of aliphatic hydroxyl groups is 1. The van der Waals surface area contributed by atoms with E-state index in [0.29, 0.717) is 13.0 Å². The van der Waals surface area contributed by atoms with Gasteiger partial charge in [0.1, 0.15) is 0 Å². The van der Waals surface area contributed by atoms with Gasteiger partial charge in [-0.3, -0.25) is 0 Å². The minimum Gasteiger partial charge on any atom is -0.390 e. The van der Waals surface area contributed by atoms with Crippen molar-refractivity contribution in [2.45, 2.75) is 45.3 Å². The SMILES string of the molecule is Cc1ccc(CCCNC[C@@H](O)[C@@H](N)Cc2ccccc2)c(C)c1.Cl. The van der Waals surface area contributed by atoms with Crippen LogP contribution in [0.4, 0.5) is 0 Å². The van der Waals surface area contributed by atoms with Gasteiger partial charge in [0.25, 0.3) is 0 Å². The zero-order valence-electron chi connectivity index (χ0n) is 15.2. The number of hydrogen-bond donors (Lipinski definition) is 3. The lowest BCUT2D eigenvalue weighted by Crippen LogP contribution is -2.43. The van der Waals surface area contributed by atoms with E-state index in [9.17, 15) is 5.11 Å². The van der Waals surface area contributed by atoms with E-state index in [1.165, 1.54) is 22.3 Å². The molecule has 2 aromatic rings. The lowest BCUT2D eigenvalue weighted by molar-refractivity contribution is 0.142. The van der Waals surface area contributed by atoms with E-state index in [2.05, 4.69) is 37.4 Å². The number of aryl methyl sites for hydroxylation is 3. The minimum absolute atomic E-state index is 0. The topological polar surface area (TPSA) is 58.3 Å². The maximum atomic E-state index is 10.2. The van der Waals surface area contributed by atoms with Gasteiger partial charge in [-0.2, -0.15) is 0 Å². The molecule has 4 N–H and O–H groups in total. The van der Waals surface area contributed by atoms with Gasteiger partial charge in [-0.1, -0.05) is 54.1 Å². The zero-order chi connectivity index (χ0) is 17.4. The zero-order valence-corrected chi connectivity index (χ0v) is 16.1. The van der Waals surface area contributed by atoms with Crippen LogP contribution in [0.25, 0.3) is 0 Å². The molecule has 0 amide bonds. The highest BCUT2D eigenvalue weighted by molar-refractivity contribution is 5.85. The van der Waals surface area contributed by atoms with Crippen LogP contribution in [0.5, 0.6) is 0 Å². The van der Waals surface area contributed by atoms with Gasteiger partial charge < -0.3 is 16.2 Å². The molecule has 0 bridgehead atoms. The Morgan fingerprint density at radius 3 is 2.48 bits per heavy atom. The van der Waals surface area contributed by atoms with E-state index in [0.717, 1.165) is 19.4 Å². The summed E-state index contributed by atoms with van der Waals surface area (Å²) in [5, 5.41) is 13.5. The van der Waals surface area contributed by atoms with Crippen LogP contribution >= 0.6 is 12.4 Å². The third-order valence-electron chi connectivity index (χ3n) is 4.46. The van der Waals surface area contributed by atoms with Gasteiger partial charge in [0.05, 0.1) is 6.10 Å². The molecule has 3 nitrogen and oxygen atoms in total. The molecule has 0 spiro atoms. The average molecular weight is 363 g/mol. The van der Waals surface area contributed by atoms with Gasteiger partial charge in [-0.05, 0) is 56.3 Å². The third kappa shape index (κ3) is 7.57. The molecule has 0 heterocycles. The average Bonchev–Trinajstić information content (AvgIpc) is 2.57. The van der Waals surface area contributed by atoms with Crippen LogP contribution in [-0.4, -0.2) is 30.3 Å². The Kier molecular flexibility index (Phi) is 9.76. The highest BCUT2D eigenvalue weighted by Gasteiger charge is 2.14. The molecular formula is C21H31ClN2O. The second-order valence-corrected chi connectivity index (χ2v) is 6.66. The largest absolute Gasteiger partial charge is 0.390 e. The Labute approximate surface area is 158 Å². The Morgan fingerprint density at radius 2 is 1.80 bits per heavy atom. The predicted octanol–water partition coefficient (Wildman–Crippen LogP) is 3.18. The molecule has 2 aromatic carbocycles. The standard InChI is InChI=1S/C21H30N2O.ClH/c1-16-10-11-19(17(2)13-16)9-6-12-23-15-21(24)20(22)14-18-7-4-3-5-8-18;/h3-5,7-8,10-11,13,20-21,23-24H,6,9,12,14-15,22H2,1-2H3;1H/t20-,21+;/m0./s1. The number of halogens is 1. The van der Waals surface area contributed by atoms with Gasteiger partial charge >= 0.3 is 0 Å². The minimum atomic E-state index is -0.522. The van der Waals surface area contributed by atoms with Crippen molar-refractivity contribution in [2.75, 3.05) is 13.1 Å². The van der Waals surface area contributed by atoms with E-state index in [1.54, 1.807) is 0 Å². The van der Waals surface area contributed by atoms with Crippen molar-refractivity contribution in [3.05, 3.63) is 70.8 Å². The van der Waals surface area contributed by atoms with Gasteiger partial charge in [0.15, 0.2) is 0 Å². The summed E-state index contributed by atoms with van der Waals surface area (Å²) < 4.78 is 0. The molecule has 0 unspecified atom stereocenters. The molecule has 0 aliphatic carbocycles. The first-order chi connectivity index (χ1) is 11.6. The van der Waals surface area contributed by atoms with Crippen molar-refractivity contribution in [3.63, 3.8) is 0 Å². The summed E-state index contributed by atoms with van der Waals surface area (Å²) in [5.74, 6) is 0. The van der Waals surface area contributed by atoms with E-state index >= 15 is 0 Å². The summed E-state index contributed by atoms with van der Waals surface area (Å²) in [6, 6.07) is 16.5. The summed E-state index contributed by atoms with van der Waals surface area (Å²) in [7, 11) is 0. The van der Waals surface area contributed by atoms with Crippen molar-refractivity contribution >= 4 is 12.4 Å². The Balaban J connectivity index is 0.00000312. The van der Waals surface area contributed by atoms with Crippen LogP contribution in [0.2, 0.25) is 0 Å². The van der Waals surface area contributed by atoms with E-state index in [-0.39, 0.29) is 18.4 Å². The summed E-state index contributed by atoms with van der Waals surface area (Å²) >= 11 is 0. The fraction of sp³-hybridized carbons (Fsp3) is 0.429. The van der Waals surface area contributed by atoms with Crippen molar-refractivity contribution in [1.82, 2.24) is 5.32 Å². The lowest BCUT2D eigenvalue weighted by Gasteiger charge is -2.19. The fourth-order valence-corrected chi connectivity index (χ4v) is 2.95. The Hall–Kier alpha value is -1.39. The van der Waals surface area contributed by atoms with E-state index < -0.39 is 6.10 Å². The first kappa shape index (κ1) is 21.7. The first-order valence-corrected chi connectivity index (χ1v) is 8.80. The molecule has 0 aromatic heterocycles. The van der Waals surface area contributed by atoms with Crippen LogP contribution in [0.15, 0.2) is 48.5 Å². The Bertz CT molecular complexity index is 619. The monoisotopic (exact) mass is 362 g/mol. The number of nitrogens with two attached hydrogens (primary N) is 1. The first-order valence-electron chi connectivity index (χ1n) is 8.80. The van der Waals surface area contributed by atoms with Crippen molar-refractivity contribution < 1.29 is 5.11 Å². The quantitative estimate of drug-likeness (QED) is 0.600. The summed E-state index contributed by atoms with van der Waals surface area (Å²) in [5.41, 5.74) is 11.3. The Morgan fingerprint density at radius 1 is 1.08 bits per heavy atom. The maximum Gasteiger partial charge on any atom is 0.0818 e. The molecule has 0 aliphatic heterocycles. The van der Waals surface area contributed by atoms with Gasteiger partial charge in [0, 0.05) is 12.6 Å². The normalized spacial score (nSPS) is 13.1. The van der Waals surface area contributed by atoms with Crippen LogP contribution < -0.4 is 11.1 Å². The second-order valence-electron chi connectivity index (χ2n) is 6.66. The van der Waals surface area contributed by atoms with Gasteiger partial charge in [0.2, 0.25) is 0 Å². The van der Waals surface area contributed by atoms with E-state index in [1.807, 2.05) is 30.3 Å². The summed E-state index contributed by atoms with van der Waals surface area (Å²) in [6.45, 7) is 5.73.